The summed E-state index contributed by atoms with van der Waals surface area (Å²) >= 11 is 0. The zero-order valence-electron chi connectivity index (χ0n) is 14.7. The first kappa shape index (κ1) is 32.7. The Kier molecular flexibility index (Phi) is 8.13. The second-order valence-electron chi connectivity index (χ2n) is 5.69. The minimum atomic E-state index is -8.23. The predicted octanol–water partition coefficient (Wildman–Crippen LogP) is 8.16. The van der Waals surface area contributed by atoms with Crippen molar-refractivity contribution in [3.8, 4) is 0 Å². The smallest absolute Gasteiger partial charge is 0.446 e. The summed E-state index contributed by atoms with van der Waals surface area (Å²) < 4.78 is 282. The molecule has 0 unspecified atom stereocenters. The molecular weight excluding hydrogens is 578 g/mol. The number of alkyl halides is 20. The third-order valence-electron chi connectivity index (χ3n) is 3.29. The molecule has 0 N–H and O–H groups in total. The molecule has 0 aromatic heterocycles. The van der Waals surface area contributed by atoms with Crippen LogP contribution in [0.3, 0.4) is 0 Å². The van der Waals surface area contributed by atoms with E-state index in [9.17, 15) is 96.6 Å². The number of ether oxygens (including phenoxy) is 1. The van der Waals surface area contributed by atoms with Crippen LogP contribution in [-0.4, -0.2) is 48.4 Å². The third-order valence-corrected chi connectivity index (χ3v) is 3.29. The predicted molar refractivity (Wildman–Crippen MR) is 61.4 cm³/mol. The molecule has 0 heterocycles. The molecule has 0 rings (SSSR count). The number of allylic oxidation sites excluding steroid dienone is 4. The Hall–Kier alpha value is -2.26. The van der Waals surface area contributed by atoms with Crippen LogP contribution in [0.5, 0.6) is 0 Å². The topological polar surface area (TPSA) is 9.23 Å². The Morgan fingerprint density at radius 2 is 0.514 bits per heavy atom. The van der Waals surface area contributed by atoms with E-state index in [1.165, 1.54) is 0 Å². The molecule has 0 saturated heterocycles. The Morgan fingerprint density at radius 3 is 0.629 bits per heavy atom. The molecule has 0 aromatic carbocycles. The van der Waals surface area contributed by atoms with Crippen LogP contribution in [0.2, 0.25) is 0 Å². The molecule has 0 aliphatic carbocycles. The summed E-state index contributed by atoms with van der Waals surface area (Å²) in [4.78, 5) is 0. The second-order valence-corrected chi connectivity index (χ2v) is 5.69. The largest absolute Gasteiger partial charge is 0.451 e. The molecular formula is C12F22O. The summed E-state index contributed by atoms with van der Waals surface area (Å²) in [5.74, 6) is -21.9. The van der Waals surface area contributed by atoms with E-state index in [1.54, 1.807) is 4.74 Å². The van der Waals surface area contributed by atoms with Gasteiger partial charge in [-0.05, 0) is 0 Å². The molecule has 35 heavy (non-hydrogen) atoms. The highest BCUT2D eigenvalue weighted by Gasteiger charge is 2.81. The number of halogens is 22. The van der Waals surface area contributed by atoms with Crippen LogP contribution in [0.4, 0.5) is 96.6 Å². The van der Waals surface area contributed by atoms with Crippen molar-refractivity contribution < 1.29 is 101 Å². The Morgan fingerprint density at radius 1 is 0.343 bits per heavy atom. The molecule has 1 nitrogen and oxygen atoms in total. The van der Waals surface area contributed by atoms with Crippen molar-refractivity contribution in [1.29, 1.82) is 0 Å². The molecule has 0 radical (unpaired) electrons. The van der Waals surface area contributed by atoms with Crippen LogP contribution in [0.1, 0.15) is 0 Å². The van der Waals surface area contributed by atoms with E-state index in [0.29, 0.717) is 0 Å². The molecule has 0 atom stereocenters. The fourth-order valence-electron chi connectivity index (χ4n) is 1.73. The summed E-state index contributed by atoms with van der Waals surface area (Å²) in [7, 11) is 0. The van der Waals surface area contributed by atoms with Crippen LogP contribution >= 0.6 is 0 Å². The van der Waals surface area contributed by atoms with Gasteiger partial charge in [-0.1, -0.05) is 0 Å². The maximum Gasteiger partial charge on any atom is 0.446 e. The summed E-state index contributed by atoms with van der Waals surface area (Å²) in [6, 6.07) is 0. The van der Waals surface area contributed by atoms with E-state index >= 15 is 0 Å². The van der Waals surface area contributed by atoms with E-state index in [-0.39, 0.29) is 0 Å². The molecule has 0 spiro atoms. The van der Waals surface area contributed by atoms with Crippen molar-refractivity contribution >= 4 is 0 Å². The first-order valence-electron chi connectivity index (χ1n) is 7.07. The van der Waals surface area contributed by atoms with Gasteiger partial charge < -0.3 is 4.74 Å². The van der Waals surface area contributed by atoms with Gasteiger partial charge in [-0.15, -0.1) is 0 Å². The lowest BCUT2D eigenvalue weighted by molar-refractivity contribution is -0.348. The van der Waals surface area contributed by atoms with Gasteiger partial charge in [0.05, 0.1) is 0 Å². The summed E-state index contributed by atoms with van der Waals surface area (Å²) in [6.45, 7) is 0. The standard InChI is InChI=1S/C12F22O/c13-1(7(17,18)19)3(5(15,9(23,24)25)10(26,27)28)35-4(2(14)8(20,21)22)6(16,11(29,30)31)12(32,33)34. The third kappa shape index (κ3) is 5.77. The van der Waals surface area contributed by atoms with Crippen molar-refractivity contribution in [2.75, 3.05) is 0 Å². The molecule has 208 valence electrons. The lowest BCUT2D eigenvalue weighted by Gasteiger charge is -2.36. The van der Waals surface area contributed by atoms with Crippen LogP contribution in [-0.2, 0) is 4.74 Å². The van der Waals surface area contributed by atoms with Gasteiger partial charge in [0.15, 0.2) is 0 Å². The normalized spacial score (nSPS) is 17.2. The molecule has 0 bridgehead atoms. The van der Waals surface area contributed by atoms with E-state index in [0.717, 1.165) is 0 Å². The average molecular weight is 578 g/mol. The van der Waals surface area contributed by atoms with Gasteiger partial charge in [0.2, 0.25) is 23.2 Å². The molecule has 0 aliphatic rings. The van der Waals surface area contributed by atoms with Crippen LogP contribution in [0.25, 0.3) is 0 Å². The summed E-state index contributed by atoms with van der Waals surface area (Å²) in [5.41, 5.74) is -16.5. The van der Waals surface area contributed by atoms with E-state index in [1.807, 2.05) is 0 Å². The van der Waals surface area contributed by atoms with Crippen molar-refractivity contribution in [2.24, 2.45) is 0 Å². The van der Waals surface area contributed by atoms with Gasteiger partial charge in [0, 0.05) is 0 Å². The van der Waals surface area contributed by atoms with Gasteiger partial charge in [-0.25, -0.2) is 8.78 Å². The maximum absolute atomic E-state index is 13.9. The van der Waals surface area contributed by atoms with Crippen LogP contribution < -0.4 is 0 Å². The van der Waals surface area contributed by atoms with Crippen LogP contribution in [0, 0.1) is 0 Å². The van der Waals surface area contributed by atoms with Crippen molar-refractivity contribution in [3.63, 3.8) is 0 Å². The molecule has 0 saturated carbocycles. The first-order chi connectivity index (χ1) is 14.8. The van der Waals surface area contributed by atoms with E-state index < -0.39 is 71.6 Å². The van der Waals surface area contributed by atoms with Crippen molar-refractivity contribution in [2.45, 2.75) is 48.4 Å². The zero-order valence-corrected chi connectivity index (χ0v) is 14.7. The minimum absolute atomic E-state index is 1.80. The monoisotopic (exact) mass is 578 g/mol. The summed E-state index contributed by atoms with van der Waals surface area (Å²) in [5, 5.41) is 0. The highest BCUT2D eigenvalue weighted by molar-refractivity contribution is 5.31. The van der Waals surface area contributed by atoms with Gasteiger partial charge in [-0.3, -0.25) is 0 Å². The average Bonchev–Trinajstić information content (AvgIpc) is 2.54. The molecule has 0 amide bonds. The minimum Gasteiger partial charge on any atom is -0.451 e. The number of hydrogen-bond acceptors (Lipinski definition) is 1. The Balaban J connectivity index is 8.11. The van der Waals surface area contributed by atoms with Gasteiger partial charge in [0.1, 0.15) is 0 Å². The molecule has 23 heteroatoms. The van der Waals surface area contributed by atoms with E-state index in [4.69, 9.17) is 0 Å². The fourth-order valence-corrected chi connectivity index (χ4v) is 1.73. The Bertz CT molecular complexity index is 737. The van der Waals surface area contributed by atoms with E-state index in [2.05, 4.69) is 0 Å². The Labute approximate surface area is 174 Å². The lowest BCUT2D eigenvalue weighted by Crippen LogP contribution is -2.59. The second kappa shape index (κ2) is 8.69. The maximum atomic E-state index is 13.9. The highest BCUT2D eigenvalue weighted by atomic mass is 19.4. The van der Waals surface area contributed by atoms with Crippen molar-refractivity contribution in [3.05, 3.63) is 23.2 Å². The fraction of sp³-hybridized carbons (Fsp3) is 0.667. The SMILES string of the molecule is FC(=C(OC(=C(F)C(F)(F)F)C(F)(C(F)(F)F)C(F)(F)F)C(F)(C(F)(F)F)C(F)(F)F)C(F)(F)F. The highest BCUT2D eigenvalue weighted by Crippen LogP contribution is 2.58. The number of hydrogen-bond donors (Lipinski definition) is 0. The lowest BCUT2D eigenvalue weighted by atomic mass is 9.98. The van der Waals surface area contributed by atoms with Crippen molar-refractivity contribution in [1.82, 2.24) is 0 Å². The zero-order chi connectivity index (χ0) is 29.0. The number of rotatable bonds is 4. The van der Waals surface area contributed by atoms with Crippen LogP contribution in [0.15, 0.2) is 23.2 Å². The summed E-state index contributed by atoms with van der Waals surface area (Å²) in [6.07, 6.45) is -47.5. The van der Waals surface area contributed by atoms with Gasteiger partial charge >= 0.3 is 48.4 Å². The van der Waals surface area contributed by atoms with Gasteiger partial charge in [-0.2, -0.15) is 87.8 Å². The molecule has 0 aliphatic heterocycles. The molecule has 0 fully saturated rings. The molecule has 0 aromatic rings. The first-order valence-corrected chi connectivity index (χ1v) is 7.07. The van der Waals surface area contributed by atoms with Gasteiger partial charge in [0.25, 0.3) is 0 Å². The quantitative estimate of drug-likeness (QED) is 0.242.